The van der Waals surface area contributed by atoms with Crippen LogP contribution < -0.4 is 21.1 Å². The highest BCUT2D eigenvalue weighted by Gasteiger charge is 2.42. The fraction of sp³-hybridized carbons (Fsp3) is 0.250. The number of amidine groups is 1. The highest BCUT2D eigenvalue weighted by Crippen LogP contribution is 2.29. The molecule has 2 heterocycles. The van der Waals surface area contributed by atoms with Gasteiger partial charge in [-0.3, -0.25) is 19.9 Å². The minimum Gasteiger partial charge on any atom is -0.351 e. The Balaban J connectivity index is 1.43. The largest absolute Gasteiger partial charge is 0.351 e. The van der Waals surface area contributed by atoms with Gasteiger partial charge >= 0.3 is 0 Å². The summed E-state index contributed by atoms with van der Waals surface area (Å²) in [6.07, 6.45) is -0.318. The average Bonchev–Trinajstić information content (AvgIpc) is 3.21. The van der Waals surface area contributed by atoms with Gasteiger partial charge < -0.3 is 5.32 Å². The summed E-state index contributed by atoms with van der Waals surface area (Å²) < 4.78 is 0. The van der Waals surface area contributed by atoms with Crippen molar-refractivity contribution in [2.45, 2.75) is 12.7 Å². The molecular formula is C20H20ClN5O2S. The van der Waals surface area contributed by atoms with Gasteiger partial charge in [-0.05, 0) is 29.8 Å². The lowest BCUT2D eigenvalue weighted by atomic mass is 10.1. The molecule has 7 nitrogen and oxygen atoms in total. The van der Waals surface area contributed by atoms with Crippen LogP contribution in [0.5, 0.6) is 0 Å². The Morgan fingerprint density at radius 1 is 1.21 bits per heavy atom. The molecule has 9 heteroatoms. The molecule has 2 amide bonds. The first-order valence-electron chi connectivity index (χ1n) is 9.21. The average molecular weight is 430 g/mol. The van der Waals surface area contributed by atoms with E-state index in [1.54, 1.807) is 17.0 Å². The van der Waals surface area contributed by atoms with E-state index in [9.17, 15) is 9.59 Å². The molecule has 3 N–H and O–H groups in total. The smallest absolute Gasteiger partial charge is 0.241 e. The molecule has 2 aromatic carbocycles. The summed E-state index contributed by atoms with van der Waals surface area (Å²) in [5, 5.41) is 4.05. The number of para-hydroxylation sites is 1. The first-order valence-corrected chi connectivity index (χ1v) is 10.6. The summed E-state index contributed by atoms with van der Waals surface area (Å²) in [5.41, 5.74) is 7.72. The molecule has 2 unspecified atom stereocenters. The molecule has 2 aliphatic rings. The normalized spacial score (nSPS) is 20.9. The molecule has 150 valence electrons. The van der Waals surface area contributed by atoms with Crippen LogP contribution in [0.15, 0.2) is 59.6 Å². The molecule has 0 spiro atoms. The van der Waals surface area contributed by atoms with Crippen LogP contribution in [-0.2, 0) is 16.1 Å². The zero-order chi connectivity index (χ0) is 20.2. The number of amides is 2. The number of hydrazine groups is 1. The van der Waals surface area contributed by atoms with Gasteiger partial charge in [0.15, 0.2) is 5.17 Å². The topological polar surface area (TPSA) is 85.8 Å². The van der Waals surface area contributed by atoms with E-state index in [0.29, 0.717) is 23.3 Å². The Kier molecular flexibility index (Phi) is 6.15. The van der Waals surface area contributed by atoms with Crippen molar-refractivity contribution in [1.29, 1.82) is 0 Å². The zero-order valence-electron chi connectivity index (χ0n) is 15.5. The number of benzene rings is 2. The molecule has 0 aliphatic carbocycles. The second kappa shape index (κ2) is 8.96. The molecule has 4 rings (SSSR count). The van der Waals surface area contributed by atoms with Crippen molar-refractivity contribution in [2.24, 2.45) is 10.9 Å². The molecule has 0 bridgehead atoms. The standard InChI is InChI=1S/C20H20ClN5O2S/c21-14-8-6-13(7-9-14)10-22-17(27)12-29-20-24-18-16(11-23-25-18)19(28)26(20)15-4-2-1-3-5-15/h1-9,16,18,23,25H,10-12H2,(H,22,27). The third-order valence-corrected chi connectivity index (χ3v) is 5.89. The number of carbonyl (C=O) groups excluding carboxylic acids is 2. The van der Waals surface area contributed by atoms with Gasteiger partial charge in [0.05, 0.1) is 17.4 Å². The Morgan fingerprint density at radius 3 is 2.72 bits per heavy atom. The second-order valence-electron chi connectivity index (χ2n) is 6.69. The molecule has 2 aromatic rings. The van der Waals surface area contributed by atoms with Crippen molar-refractivity contribution >= 4 is 46.0 Å². The van der Waals surface area contributed by atoms with Crippen LogP contribution in [0.25, 0.3) is 0 Å². The van der Waals surface area contributed by atoms with E-state index in [2.05, 4.69) is 21.2 Å². The number of thioether (sulfide) groups is 1. The molecule has 2 aliphatic heterocycles. The number of hydrogen-bond donors (Lipinski definition) is 3. The van der Waals surface area contributed by atoms with Gasteiger partial charge in [-0.2, -0.15) is 0 Å². The fourth-order valence-corrected chi connectivity index (χ4v) is 4.17. The third-order valence-electron chi connectivity index (χ3n) is 4.68. The van der Waals surface area contributed by atoms with Crippen molar-refractivity contribution in [3.63, 3.8) is 0 Å². The maximum Gasteiger partial charge on any atom is 0.241 e. The molecule has 0 aromatic heterocycles. The molecular weight excluding hydrogens is 410 g/mol. The molecule has 1 fully saturated rings. The fourth-order valence-electron chi connectivity index (χ4n) is 3.17. The molecule has 29 heavy (non-hydrogen) atoms. The predicted octanol–water partition coefficient (Wildman–Crippen LogP) is 2.14. The number of fused-ring (bicyclic) bond motifs is 1. The number of nitrogens with zero attached hydrogens (tertiary/aromatic N) is 2. The highest BCUT2D eigenvalue weighted by molar-refractivity contribution is 8.14. The summed E-state index contributed by atoms with van der Waals surface area (Å²) in [6, 6.07) is 16.7. The van der Waals surface area contributed by atoms with E-state index in [0.717, 1.165) is 11.3 Å². The van der Waals surface area contributed by atoms with Crippen LogP contribution in [0.3, 0.4) is 0 Å². The number of rotatable bonds is 5. The van der Waals surface area contributed by atoms with Gasteiger partial charge in [-0.1, -0.05) is 53.7 Å². The summed E-state index contributed by atoms with van der Waals surface area (Å²) in [5.74, 6) is -0.266. The second-order valence-corrected chi connectivity index (χ2v) is 8.07. The van der Waals surface area contributed by atoms with E-state index in [-0.39, 0.29) is 29.7 Å². The number of aliphatic imine (C=N–C) groups is 1. The quantitative estimate of drug-likeness (QED) is 0.678. The number of hydrogen-bond acceptors (Lipinski definition) is 6. The summed E-state index contributed by atoms with van der Waals surface area (Å²) in [7, 11) is 0. The van der Waals surface area contributed by atoms with Crippen molar-refractivity contribution in [3.05, 3.63) is 65.2 Å². The summed E-state index contributed by atoms with van der Waals surface area (Å²) >= 11 is 7.13. The van der Waals surface area contributed by atoms with Gasteiger partial charge in [0, 0.05) is 18.1 Å². The minimum atomic E-state index is -0.318. The van der Waals surface area contributed by atoms with Crippen LogP contribution in [0.4, 0.5) is 5.69 Å². The number of anilines is 1. The van der Waals surface area contributed by atoms with Crippen LogP contribution >= 0.6 is 23.4 Å². The van der Waals surface area contributed by atoms with Gasteiger partial charge in [0.25, 0.3) is 0 Å². The first-order chi connectivity index (χ1) is 14.1. The van der Waals surface area contributed by atoms with Crippen LogP contribution in [0.2, 0.25) is 5.02 Å². The molecule has 2 atom stereocenters. The van der Waals surface area contributed by atoms with Crippen molar-refractivity contribution in [2.75, 3.05) is 17.2 Å². The van der Waals surface area contributed by atoms with Crippen molar-refractivity contribution in [1.82, 2.24) is 16.2 Å². The maximum atomic E-state index is 13.0. The zero-order valence-corrected chi connectivity index (χ0v) is 17.0. The molecule has 1 saturated heterocycles. The maximum absolute atomic E-state index is 13.0. The minimum absolute atomic E-state index is 0.0298. The Hall–Kier alpha value is -2.39. The Bertz CT molecular complexity index is 922. The van der Waals surface area contributed by atoms with Crippen molar-refractivity contribution < 1.29 is 9.59 Å². The van der Waals surface area contributed by atoms with Crippen LogP contribution in [0.1, 0.15) is 5.56 Å². The Labute approximate surface area is 177 Å². The lowest BCUT2D eigenvalue weighted by Gasteiger charge is -2.32. The molecule has 0 saturated carbocycles. The van der Waals surface area contributed by atoms with Crippen LogP contribution in [-0.4, -0.2) is 35.4 Å². The predicted molar refractivity (Wildman–Crippen MR) is 116 cm³/mol. The number of halogens is 1. The van der Waals surface area contributed by atoms with Gasteiger partial charge in [0.1, 0.15) is 6.17 Å². The van der Waals surface area contributed by atoms with Crippen LogP contribution in [0, 0.1) is 5.92 Å². The van der Waals surface area contributed by atoms with Gasteiger partial charge in [0.2, 0.25) is 11.8 Å². The number of carbonyl (C=O) groups is 2. The van der Waals surface area contributed by atoms with E-state index in [1.165, 1.54) is 11.8 Å². The SMILES string of the molecule is O=C(CSC1=NC2NNCC2C(=O)N1c1ccccc1)NCc1ccc(Cl)cc1. The van der Waals surface area contributed by atoms with Gasteiger partial charge in [-0.15, -0.1) is 0 Å². The lowest BCUT2D eigenvalue weighted by Crippen LogP contribution is -2.49. The highest BCUT2D eigenvalue weighted by atomic mass is 35.5. The van der Waals surface area contributed by atoms with Crippen molar-refractivity contribution in [3.8, 4) is 0 Å². The number of nitrogens with one attached hydrogen (secondary N) is 3. The first kappa shape index (κ1) is 19.9. The Morgan fingerprint density at radius 2 is 1.97 bits per heavy atom. The van der Waals surface area contributed by atoms with E-state index in [4.69, 9.17) is 11.6 Å². The van der Waals surface area contributed by atoms with E-state index < -0.39 is 0 Å². The van der Waals surface area contributed by atoms with E-state index >= 15 is 0 Å². The summed E-state index contributed by atoms with van der Waals surface area (Å²) in [4.78, 5) is 31.6. The summed E-state index contributed by atoms with van der Waals surface area (Å²) in [6.45, 7) is 0.941. The van der Waals surface area contributed by atoms with E-state index in [1.807, 2.05) is 42.5 Å². The van der Waals surface area contributed by atoms with Gasteiger partial charge in [-0.25, -0.2) is 10.4 Å². The third kappa shape index (κ3) is 4.62. The monoisotopic (exact) mass is 429 g/mol. The lowest BCUT2D eigenvalue weighted by molar-refractivity contribution is -0.121. The molecule has 0 radical (unpaired) electrons.